The van der Waals surface area contributed by atoms with Crippen LogP contribution in [0, 0.1) is 6.92 Å². The van der Waals surface area contributed by atoms with Crippen molar-refractivity contribution in [2.45, 2.75) is 24.8 Å². The predicted molar refractivity (Wildman–Crippen MR) is 81.2 cm³/mol. The Labute approximate surface area is 127 Å². The summed E-state index contributed by atoms with van der Waals surface area (Å²) in [6.07, 6.45) is 0. The van der Waals surface area contributed by atoms with Gasteiger partial charge in [0.2, 0.25) is 10.0 Å². The third-order valence-corrected chi connectivity index (χ3v) is 5.84. The first-order valence-electron chi connectivity index (χ1n) is 6.22. The van der Waals surface area contributed by atoms with Crippen molar-refractivity contribution in [3.63, 3.8) is 0 Å². The van der Waals surface area contributed by atoms with E-state index in [1.165, 1.54) is 6.07 Å². The number of nitrogens with one attached hydrogen (secondary N) is 1. The van der Waals surface area contributed by atoms with Crippen LogP contribution in [0.25, 0.3) is 0 Å². The second kappa shape index (κ2) is 5.97. The number of sulfonamides is 1. The highest BCUT2D eigenvalue weighted by Crippen LogP contribution is 2.27. The molecule has 1 heterocycles. The molecule has 0 amide bonds. The van der Waals surface area contributed by atoms with Crippen molar-refractivity contribution in [1.29, 1.82) is 0 Å². The van der Waals surface area contributed by atoms with Crippen molar-refractivity contribution >= 4 is 27.3 Å². The summed E-state index contributed by atoms with van der Waals surface area (Å²) in [5.74, 6) is -1.12. The molecule has 0 saturated heterocycles. The molecule has 0 saturated carbocycles. The van der Waals surface area contributed by atoms with E-state index < -0.39 is 22.0 Å². The average Bonchev–Trinajstić information content (AvgIpc) is 2.82. The number of carboxylic acids is 1. The molecule has 0 spiro atoms. The number of thiophene rings is 1. The molecule has 0 bridgehead atoms. The second-order valence-corrected chi connectivity index (χ2v) is 7.53. The summed E-state index contributed by atoms with van der Waals surface area (Å²) in [6.45, 7) is 3.34. The number of carboxylic acid groups (broad SMARTS) is 1. The number of hydrogen-bond acceptors (Lipinski definition) is 4. The van der Waals surface area contributed by atoms with Crippen LogP contribution in [0.3, 0.4) is 0 Å². The molecular weight excluding hydrogens is 310 g/mol. The van der Waals surface area contributed by atoms with Crippen LogP contribution < -0.4 is 4.72 Å². The van der Waals surface area contributed by atoms with Gasteiger partial charge in [-0.3, -0.25) is 0 Å². The third kappa shape index (κ3) is 3.49. The number of aryl methyl sites for hydroxylation is 1. The highest BCUT2D eigenvalue weighted by Gasteiger charge is 2.24. The summed E-state index contributed by atoms with van der Waals surface area (Å²) in [4.78, 5) is 11.4. The van der Waals surface area contributed by atoms with Crippen molar-refractivity contribution in [3.05, 3.63) is 51.7 Å². The van der Waals surface area contributed by atoms with Gasteiger partial charge < -0.3 is 5.11 Å². The molecule has 0 aliphatic carbocycles. The Morgan fingerprint density at radius 2 is 1.90 bits per heavy atom. The molecule has 2 aromatic rings. The zero-order chi connectivity index (χ0) is 15.6. The maximum atomic E-state index is 12.4. The molecule has 2 rings (SSSR count). The summed E-state index contributed by atoms with van der Waals surface area (Å²) in [5.41, 5.74) is 0.840. The van der Waals surface area contributed by atoms with E-state index in [0.29, 0.717) is 4.88 Å². The largest absolute Gasteiger partial charge is 0.477 e. The number of benzene rings is 1. The zero-order valence-corrected chi connectivity index (χ0v) is 13.2. The fourth-order valence-electron chi connectivity index (χ4n) is 1.94. The Bertz CT molecular complexity index is 751. The smallest absolute Gasteiger partial charge is 0.345 e. The van der Waals surface area contributed by atoms with E-state index in [0.717, 1.165) is 16.9 Å². The molecular formula is C14H15NO4S2. The van der Waals surface area contributed by atoms with Gasteiger partial charge in [-0.2, -0.15) is 0 Å². The molecule has 7 heteroatoms. The number of aromatic carboxylic acids is 1. The lowest BCUT2D eigenvalue weighted by atomic mass is 10.1. The highest BCUT2D eigenvalue weighted by atomic mass is 32.2. The molecule has 0 aliphatic rings. The van der Waals surface area contributed by atoms with E-state index in [4.69, 9.17) is 5.11 Å². The summed E-state index contributed by atoms with van der Waals surface area (Å²) >= 11 is 0.954. The van der Waals surface area contributed by atoms with E-state index >= 15 is 0 Å². The van der Waals surface area contributed by atoms with Crippen LogP contribution >= 0.6 is 11.3 Å². The van der Waals surface area contributed by atoms with Gasteiger partial charge in [0.1, 0.15) is 4.88 Å². The average molecular weight is 325 g/mol. The third-order valence-electron chi connectivity index (χ3n) is 3.00. The van der Waals surface area contributed by atoms with Gasteiger partial charge >= 0.3 is 5.97 Å². The summed E-state index contributed by atoms with van der Waals surface area (Å²) in [6, 6.07) is 9.97. The van der Waals surface area contributed by atoms with Gasteiger partial charge in [0.15, 0.2) is 0 Å². The van der Waals surface area contributed by atoms with Gasteiger partial charge in [0.25, 0.3) is 0 Å². The van der Waals surface area contributed by atoms with Crippen LogP contribution in [0.1, 0.15) is 33.1 Å². The van der Waals surface area contributed by atoms with Crippen molar-refractivity contribution in [3.8, 4) is 0 Å². The predicted octanol–water partition coefficient (Wildman–Crippen LogP) is 2.79. The molecule has 0 aliphatic heterocycles. The van der Waals surface area contributed by atoms with E-state index in [9.17, 15) is 13.2 Å². The van der Waals surface area contributed by atoms with Crippen molar-refractivity contribution in [2.75, 3.05) is 0 Å². The molecule has 112 valence electrons. The molecule has 21 heavy (non-hydrogen) atoms. The van der Waals surface area contributed by atoms with Crippen LogP contribution in [0.5, 0.6) is 0 Å². The van der Waals surface area contributed by atoms with Crippen LogP contribution in [-0.2, 0) is 10.0 Å². The SMILES string of the molecule is Cc1sc(C(=O)O)cc1S(=O)(=O)N[C@H](C)c1ccccc1. The van der Waals surface area contributed by atoms with Crippen LogP contribution in [0.4, 0.5) is 0 Å². The molecule has 0 fully saturated rings. The van der Waals surface area contributed by atoms with Gasteiger partial charge in [-0.25, -0.2) is 17.9 Å². The zero-order valence-electron chi connectivity index (χ0n) is 11.5. The molecule has 2 N–H and O–H groups in total. The van der Waals surface area contributed by atoms with E-state index in [-0.39, 0.29) is 9.77 Å². The lowest BCUT2D eigenvalue weighted by molar-refractivity contribution is 0.0702. The minimum Gasteiger partial charge on any atom is -0.477 e. The minimum absolute atomic E-state index is 0.0141. The van der Waals surface area contributed by atoms with Gasteiger partial charge in [-0.15, -0.1) is 11.3 Å². The lowest BCUT2D eigenvalue weighted by Crippen LogP contribution is -2.27. The summed E-state index contributed by atoms with van der Waals surface area (Å²) in [7, 11) is -3.75. The Morgan fingerprint density at radius 3 is 2.43 bits per heavy atom. The lowest BCUT2D eigenvalue weighted by Gasteiger charge is -2.14. The van der Waals surface area contributed by atoms with Crippen molar-refractivity contribution < 1.29 is 18.3 Å². The molecule has 0 unspecified atom stereocenters. The topological polar surface area (TPSA) is 83.5 Å². The maximum Gasteiger partial charge on any atom is 0.345 e. The standard InChI is InChI=1S/C14H15NO4S2/c1-9(11-6-4-3-5-7-11)15-21(18,19)13-8-12(14(16)17)20-10(13)2/h3-9,15H,1-2H3,(H,16,17)/t9-/m1/s1. The molecule has 0 radical (unpaired) electrons. The van der Waals surface area contributed by atoms with E-state index in [2.05, 4.69) is 4.72 Å². The molecule has 1 aromatic carbocycles. The molecule has 1 atom stereocenters. The fraction of sp³-hybridized carbons (Fsp3) is 0.214. The van der Waals surface area contributed by atoms with Gasteiger partial charge in [-0.1, -0.05) is 30.3 Å². The van der Waals surface area contributed by atoms with E-state index in [1.807, 2.05) is 30.3 Å². The Balaban J connectivity index is 2.29. The molecule has 1 aromatic heterocycles. The number of rotatable bonds is 5. The van der Waals surface area contributed by atoms with Gasteiger partial charge in [0.05, 0.1) is 4.90 Å². The van der Waals surface area contributed by atoms with Crippen LogP contribution in [0.15, 0.2) is 41.3 Å². The Kier molecular flexibility index (Phi) is 4.46. The van der Waals surface area contributed by atoms with Gasteiger partial charge in [0, 0.05) is 10.9 Å². The monoisotopic (exact) mass is 325 g/mol. The highest BCUT2D eigenvalue weighted by molar-refractivity contribution is 7.89. The first-order valence-corrected chi connectivity index (χ1v) is 8.52. The normalized spacial score (nSPS) is 13.0. The minimum atomic E-state index is -3.75. The Hall–Kier alpha value is -1.70. The van der Waals surface area contributed by atoms with Gasteiger partial charge in [-0.05, 0) is 25.5 Å². The first kappa shape index (κ1) is 15.7. The van der Waals surface area contributed by atoms with Crippen molar-refractivity contribution in [2.24, 2.45) is 0 Å². The number of carbonyl (C=O) groups is 1. The van der Waals surface area contributed by atoms with E-state index in [1.54, 1.807) is 13.8 Å². The maximum absolute atomic E-state index is 12.4. The van der Waals surface area contributed by atoms with Crippen LogP contribution in [-0.4, -0.2) is 19.5 Å². The summed E-state index contributed by atoms with van der Waals surface area (Å²) < 4.78 is 27.3. The van der Waals surface area contributed by atoms with Crippen LogP contribution in [0.2, 0.25) is 0 Å². The fourth-order valence-corrected chi connectivity index (χ4v) is 4.61. The quantitative estimate of drug-likeness (QED) is 0.885. The molecule has 5 nitrogen and oxygen atoms in total. The Morgan fingerprint density at radius 1 is 1.29 bits per heavy atom. The van der Waals surface area contributed by atoms with Crippen molar-refractivity contribution in [1.82, 2.24) is 4.72 Å². The number of hydrogen-bond donors (Lipinski definition) is 2. The first-order chi connectivity index (χ1) is 9.81. The summed E-state index contributed by atoms with van der Waals surface area (Å²) in [5, 5.41) is 8.94. The second-order valence-electron chi connectivity index (χ2n) is 4.59.